The smallest absolute Gasteiger partial charge is 0.255 e. The van der Waals surface area contributed by atoms with Gasteiger partial charge in [0, 0.05) is 50.1 Å². The third kappa shape index (κ3) is 3.91. The molecule has 1 aromatic heterocycles. The lowest BCUT2D eigenvalue weighted by Gasteiger charge is -2.42. The van der Waals surface area contributed by atoms with Crippen LogP contribution in [-0.2, 0) is 4.79 Å². The highest BCUT2D eigenvalue weighted by atomic mass is 16.3. The molecule has 1 saturated heterocycles. The summed E-state index contributed by atoms with van der Waals surface area (Å²) in [5.74, 6) is 0.833. The normalized spacial score (nSPS) is 23.3. The van der Waals surface area contributed by atoms with Gasteiger partial charge in [-0.1, -0.05) is 19.1 Å². The second kappa shape index (κ2) is 7.78. The maximum atomic E-state index is 13.4. The minimum absolute atomic E-state index is 0.0251. The number of nitrogens with one attached hydrogen (secondary N) is 1. The molecule has 0 saturated carbocycles. The van der Waals surface area contributed by atoms with E-state index in [1.807, 2.05) is 31.3 Å². The molecular weight excluding hydrogens is 400 g/mol. The number of nitrogens with zero attached hydrogens (tertiary/aromatic N) is 3. The zero-order valence-corrected chi connectivity index (χ0v) is 19.2. The third-order valence-electron chi connectivity index (χ3n) is 6.46. The van der Waals surface area contributed by atoms with Crippen LogP contribution in [-0.4, -0.2) is 45.9 Å². The fourth-order valence-electron chi connectivity index (χ4n) is 4.76. The van der Waals surface area contributed by atoms with E-state index in [2.05, 4.69) is 54.2 Å². The maximum Gasteiger partial charge on any atom is 0.255 e. The fourth-order valence-corrected chi connectivity index (χ4v) is 4.76. The standard InChI is InChI=1S/C26H30N4O2/c1-17-5-7-20-8-9-21(29-12-11-27-26(3,4)16-29)15-30(20)25(31)14-22(17)19-6-10-23-24(13-19)32-18(2)28-23/h6-10,13-15,17,27H,5,11-12,16H2,1-4H3. The Bertz CT molecular complexity index is 1200. The lowest BCUT2D eigenvalue weighted by molar-refractivity contribution is -0.122. The molecule has 166 valence electrons. The molecule has 4 heterocycles. The van der Waals surface area contributed by atoms with Crippen molar-refractivity contribution in [3.63, 3.8) is 0 Å². The van der Waals surface area contributed by atoms with Crippen molar-refractivity contribution in [2.24, 2.45) is 5.92 Å². The van der Waals surface area contributed by atoms with Gasteiger partial charge in [-0.3, -0.25) is 9.69 Å². The number of aromatic nitrogens is 1. The number of piperazine rings is 1. The second-order valence-electron chi connectivity index (χ2n) is 9.61. The summed E-state index contributed by atoms with van der Waals surface area (Å²) in [5.41, 5.74) is 5.68. The van der Waals surface area contributed by atoms with Gasteiger partial charge in [0.15, 0.2) is 11.5 Å². The highest BCUT2D eigenvalue weighted by Crippen LogP contribution is 2.33. The molecule has 0 radical (unpaired) electrons. The van der Waals surface area contributed by atoms with E-state index < -0.39 is 0 Å². The van der Waals surface area contributed by atoms with Crippen LogP contribution in [0.1, 0.15) is 38.6 Å². The summed E-state index contributed by atoms with van der Waals surface area (Å²) in [6.07, 6.45) is 11.0. The number of fused-ring (bicyclic) bond motifs is 2. The topological polar surface area (TPSA) is 61.6 Å². The number of benzene rings is 1. The van der Waals surface area contributed by atoms with Crippen LogP contribution < -0.4 is 5.32 Å². The van der Waals surface area contributed by atoms with Crippen molar-refractivity contribution in [1.82, 2.24) is 20.1 Å². The first-order valence-corrected chi connectivity index (χ1v) is 11.3. The molecule has 6 nitrogen and oxygen atoms in total. The first-order valence-electron chi connectivity index (χ1n) is 11.3. The van der Waals surface area contributed by atoms with Gasteiger partial charge in [0.25, 0.3) is 5.91 Å². The summed E-state index contributed by atoms with van der Waals surface area (Å²) in [7, 11) is 0. The third-order valence-corrected chi connectivity index (χ3v) is 6.46. The van der Waals surface area contributed by atoms with Crippen LogP contribution in [0, 0.1) is 12.8 Å². The van der Waals surface area contributed by atoms with E-state index in [9.17, 15) is 4.79 Å². The molecule has 5 rings (SSSR count). The van der Waals surface area contributed by atoms with E-state index in [1.165, 1.54) is 0 Å². The van der Waals surface area contributed by atoms with Crippen LogP contribution in [0.5, 0.6) is 0 Å². The Balaban J connectivity index is 1.47. The number of rotatable bonds is 2. The molecule has 3 aliphatic heterocycles. The fraction of sp³-hybridized carbons (Fsp3) is 0.385. The summed E-state index contributed by atoms with van der Waals surface area (Å²) < 4.78 is 5.73. The van der Waals surface area contributed by atoms with Crippen LogP contribution >= 0.6 is 0 Å². The predicted octanol–water partition coefficient (Wildman–Crippen LogP) is 4.37. The predicted molar refractivity (Wildman–Crippen MR) is 126 cm³/mol. The van der Waals surface area contributed by atoms with Gasteiger partial charge in [-0.2, -0.15) is 0 Å². The number of aryl methyl sites for hydroxylation is 1. The summed E-state index contributed by atoms with van der Waals surface area (Å²) in [6.45, 7) is 11.2. The van der Waals surface area contributed by atoms with E-state index in [1.54, 1.807) is 11.0 Å². The number of oxazole rings is 1. The van der Waals surface area contributed by atoms with Gasteiger partial charge in [-0.25, -0.2) is 4.98 Å². The summed E-state index contributed by atoms with van der Waals surface area (Å²) in [4.78, 5) is 21.9. The second-order valence-corrected chi connectivity index (χ2v) is 9.61. The number of carbonyl (C=O) groups is 1. The van der Waals surface area contributed by atoms with E-state index in [0.29, 0.717) is 5.89 Å². The van der Waals surface area contributed by atoms with E-state index in [4.69, 9.17) is 4.42 Å². The zero-order valence-electron chi connectivity index (χ0n) is 19.2. The number of carbonyl (C=O) groups excluding carboxylic acids is 1. The Labute approximate surface area is 189 Å². The SMILES string of the molecule is Cc1nc2ccc(C3=CC(=O)N4C=C(N5CCNC(C)(C)C5)C=CC4=CCC3C)cc2o1. The van der Waals surface area contributed by atoms with Crippen molar-refractivity contribution in [3.05, 3.63) is 71.6 Å². The van der Waals surface area contributed by atoms with Crippen molar-refractivity contribution in [2.75, 3.05) is 19.6 Å². The minimum Gasteiger partial charge on any atom is -0.441 e. The maximum absolute atomic E-state index is 13.4. The van der Waals surface area contributed by atoms with Gasteiger partial charge in [0.1, 0.15) is 5.52 Å². The molecule has 0 bridgehead atoms. The Hall–Kier alpha value is -3.12. The Kier molecular flexibility index (Phi) is 5.05. The average Bonchev–Trinajstić information content (AvgIpc) is 3.13. The van der Waals surface area contributed by atoms with Gasteiger partial charge in [-0.05, 0) is 61.6 Å². The summed E-state index contributed by atoms with van der Waals surface area (Å²) >= 11 is 0. The van der Waals surface area contributed by atoms with E-state index >= 15 is 0 Å². The lowest BCUT2D eigenvalue weighted by Crippen LogP contribution is -2.56. The molecule has 0 aliphatic carbocycles. The zero-order chi connectivity index (χ0) is 22.5. The van der Waals surface area contributed by atoms with Crippen LogP contribution in [0.25, 0.3) is 16.7 Å². The molecule has 1 N–H and O–H groups in total. The quantitative estimate of drug-likeness (QED) is 0.767. The molecule has 6 heteroatoms. The summed E-state index contributed by atoms with van der Waals surface area (Å²) in [6, 6.07) is 6.00. The molecule has 1 amide bonds. The molecule has 1 atom stereocenters. The van der Waals surface area contributed by atoms with Crippen molar-refractivity contribution >= 4 is 22.6 Å². The highest BCUT2D eigenvalue weighted by Gasteiger charge is 2.29. The van der Waals surface area contributed by atoms with Gasteiger partial charge in [0.2, 0.25) is 0 Å². The van der Waals surface area contributed by atoms with Crippen LogP contribution in [0.15, 0.2) is 64.5 Å². The van der Waals surface area contributed by atoms with Crippen LogP contribution in [0.4, 0.5) is 0 Å². The summed E-state index contributed by atoms with van der Waals surface area (Å²) in [5, 5.41) is 3.55. The molecule has 1 aromatic carbocycles. The van der Waals surface area contributed by atoms with Crippen LogP contribution in [0.2, 0.25) is 0 Å². The van der Waals surface area contributed by atoms with Gasteiger partial charge < -0.3 is 14.6 Å². The molecule has 1 unspecified atom stereocenters. The van der Waals surface area contributed by atoms with Crippen molar-refractivity contribution in [2.45, 2.75) is 39.7 Å². The largest absolute Gasteiger partial charge is 0.441 e. The molecule has 32 heavy (non-hydrogen) atoms. The molecule has 0 spiro atoms. The number of hydrogen-bond donors (Lipinski definition) is 1. The number of hydrogen-bond acceptors (Lipinski definition) is 5. The van der Waals surface area contributed by atoms with Gasteiger partial charge in [0.05, 0.1) is 5.70 Å². The van der Waals surface area contributed by atoms with Crippen molar-refractivity contribution in [3.8, 4) is 0 Å². The molecular formula is C26H30N4O2. The highest BCUT2D eigenvalue weighted by molar-refractivity contribution is 5.98. The molecule has 3 aliphatic rings. The van der Waals surface area contributed by atoms with Gasteiger partial charge in [-0.15, -0.1) is 0 Å². The van der Waals surface area contributed by atoms with Gasteiger partial charge >= 0.3 is 0 Å². The van der Waals surface area contributed by atoms with E-state index in [-0.39, 0.29) is 17.4 Å². The molecule has 2 aromatic rings. The van der Waals surface area contributed by atoms with Crippen molar-refractivity contribution < 1.29 is 9.21 Å². The Morgan fingerprint density at radius 1 is 1.22 bits per heavy atom. The number of allylic oxidation sites excluding steroid dienone is 4. The van der Waals surface area contributed by atoms with Crippen molar-refractivity contribution in [1.29, 1.82) is 0 Å². The Morgan fingerprint density at radius 3 is 2.84 bits per heavy atom. The molecule has 1 fully saturated rings. The first-order chi connectivity index (χ1) is 15.3. The average molecular weight is 431 g/mol. The lowest BCUT2D eigenvalue weighted by atomic mass is 9.89. The minimum atomic E-state index is -0.0251. The Morgan fingerprint density at radius 2 is 2.03 bits per heavy atom. The first kappa shape index (κ1) is 20.8. The van der Waals surface area contributed by atoms with Crippen LogP contribution in [0.3, 0.4) is 0 Å². The van der Waals surface area contributed by atoms with E-state index in [0.717, 1.165) is 59.7 Å². The monoisotopic (exact) mass is 430 g/mol. The number of amides is 1.